The zero-order valence-corrected chi connectivity index (χ0v) is 10.3. The molecule has 2 rings (SSSR count). The van der Waals surface area contributed by atoms with Gasteiger partial charge in [0.2, 0.25) is 5.91 Å². The van der Waals surface area contributed by atoms with Crippen molar-refractivity contribution in [1.82, 2.24) is 15.6 Å². The van der Waals surface area contributed by atoms with Gasteiger partial charge in [-0.05, 0) is 26.2 Å². The van der Waals surface area contributed by atoms with Crippen molar-refractivity contribution >= 4 is 17.2 Å². The van der Waals surface area contributed by atoms with Gasteiger partial charge in [0.15, 0.2) is 0 Å². The summed E-state index contributed by atoms with van der Waals surface area (Å²) in [7, 11) is 0. The number of fused-ring (bicyclic) bond motifs is 1. The van der Waals surface area contributed by atoms with Crippen LogP contribution in [0.1, 0.15) is 28.9 Å². The number of thiazole rings is 1. The first-order chi connectivity index (χ1) is 7.79. The SMILES string of the molecule is CCNC(=O)CNCc1nc2c(s1)CCC2. The van der Waals surface area contributed by atoms with Gasteiger partial charge in [0.25, 0.3) is 0 Å². The molecular formula is C11H17N3OS. The molecule has 0 bridgehead atoms. The minimum atomic E-state index is 0.0478. The molecule has 1 heterocycles. The topological polar surface area (TPSA) is 54.0 Å². The predicted octanol–water partition coefficient (Wildman–Crippen LogP) is 0.857. The molecule has 0 saturated heterocycles. The number of aromatic nitrogens is 1. The van der Waals surface area contributed by atoms with Gasteiger partial charge in [0.05, 0.1) is 12.2 Å². The Bertz CT molecular complexity index is 354. The summed E-state index contributed by atoms with van der Waals surface area (Å²) in [6, 6.07) is 0. The number of rotatable bonds is 5. The first-order valence-electron chi connectivity index (χ1n) is 5.74. The zero-order chi connectivity index (χ0) is 11.4. The lowest BCUT2D eigenvalue weighted by molar-refractivity contribution is -0.120. The lowest BCUT2D eigenvalue weighted by Gasteiger charge is -2.02. The normalized spacial score (nSPS) is 13.8. The van der Waals surface area contributed by atoms with Crippen LogP contribution in [-0.2, 0) is 24.2 Å². The monoisotopic (exact) mass is 239 g/mol. The van der Waals surface area contributed by atoms with Gasteiger partial charge in [0.1, 0.15) is 5.01 Å². The zero-order valence-electron chi connectivity index (χ0n) is 9.51. The summed E-state index contributed by atoms with van der Waals surface area (Å²) in [4.78, 5) is 17.2. The lowest BCUT2D eigenvalue weighted by atomic mass is 10.4. The molecule has 1 aliphatic carbocycles. The van der Waals surface area contributed by atoms with Crippen molar-refractivity contribution in [2.45, 2.75) is 32.7 Å². The number of likely N-dealkylation sites (N-methyl/N-ethyl adjacent to an activating group) is 1. The van der Waals surface area contributed by atoms with Crippen LogP contribution in [0, 0.1) is 0 Å². The number of hydrogen-bond acceptors (Lipinski definition) is 4. The Kier molecular flexibility index (Phi) is 3.90. The first-order valence-corrected chi connectivity index (χ1v) is 6.56. The number of carbonyl (C=O) groups is 1. The minimum absolute atomic E-state index is 0.0478. The van der Waals surface area contributed by atoms with Crippen LogP contribution < -0.4 is 10.6 Å². The van der Waals surface area contributed by atoms with E-state index in [1.807, 2.05) is 6.92 Å². The molecule has 0 radical (unpaired) electrons. The molecular weight excluding hydrogens is 222 g/mol. The molecule has 1 aromatic heterocycles. The van der Waals surface area contributed by atoms with Gasteiger partial charge in [-0.25, -0.2) is 4.98 Å². The van der Waals surface area contributed by atoms with Gasteiger partial charge in [-0.1, -0.05) is 0 Å². The Morgan fingerprint density at radius 2 is 2.38 bits per heavy atom. The predicted molar refractivity (Wildman–Crippen MR) is 64.5 cm³/mol. The Labute approximate surface area is 99.5 Å². The highest BCUT2D eigenvalue weighted by Crippen LogP contribution is 2.27. The molecule has 1 aliphatic rings. The molecule has 1 amide bonds. The van der Waals surface area contributed by atoms with Gasteiger partial charge < -0.3 is 10.6 Å². The molecule has 5 heteroatoms. The summed E-state index contributed by atoms with van der Waals surface area (Å²) in [5, 5.41) is 6.97. The summed E-state index contributed by atoms with van der Waals surface area (Å²) in [6.45, 7) is 3.68. The second kappa shape index (κ2) is 5.41. The fourth-order valence-electron chi connectivity index (χ4n) is 1.86. The average Bonchev–Trinajstić information content (AvgIpc) is 2.78. The Hall–Kier alpha value is -0.940. The van der Waals surface area contributed by atoms with Crippen LogP contribution in [0.4, 0.5) is 0 Å². The van der Waals surface area contributed by atoms with Gasteiger partial charge in [0, 0.05) is 18.0 Å². The fraction of sp³-hybridized carbons (Fsp3) is 0.636. The van der Waals surface area contributed by atoms with Crippen molar-refractivity contribution in [1.29, 1.82) is 0 Å². The minimum Gasteiger partial charge on any atom is -0.355 e. The summed E-state index contributed by atoms with van der Waals surface area (Å²) in [5.74, 6) is 0.0478. The molecule has 4 nitrogen and oxygen atoms in total. The molecule has 0 saturated carbocycles. The summed E-state index contributed by atoms with van der Waals surface area (Å²) in [6.07, 6.45) is 3.56. The van der Waals surface area contributed by atoms with Crippen molar-refractivity contribution in [3.8, 4) is 0 Å². The van der Waals surface area contributed by atoms with Crippen LogP contribution in [0.2, 0.25) is 0 Å². The van der Waals surface area contributed by atoms with Crippen molar-refractivity contribution in [2.24, 2.45) is 0 Å². The molecule has 0 aliphatic heterocycles. The highest BCUT2D eigenvalue weighted by molar-refractivity contribution is 7.11. The third kappa shape index (κ3) is 2.80. The molecule has 0 atom stereocenters. The molecule has 16 heavy (non-hydrogen) atoms. The second-order valence-electron chi connectivity index (χ2n) is 3.89. The number of amides is 1. The quantitative estimate of drug-likeness (QED) is 0.801. The van der Waals surface area contributed by atoms with E-state index in [0.29, 0.717) is 19.6 Å². The van der Waals surface area contributed by atoms with E-state index in [1.165, 1.54) is 23.4 Å². The van der Waals surface area contributed by atoms with E-state index in [4.69, 9.17) is 0 Å². The number of nitrogens with zero attached hydrogens (tertiary/aromatic N) is 1. The standard InChI is InChI=1S/C11H17N3OS/c1-2-13-10(15)6-12-7-11-14-8-4-3-5-9(8)16-11/h12H,2-7H2,1H3,(H,13,15). The maximum absolute atomic E-state index is 11.2. The van der Waals surface area contributed by atoms with Crippen LogP contribution in [0.3, 0.4) is 0 Å². The van der Waals surface area contributed by atoms with Gasteiger partial charge >= 0.3 is 0 Å². The summed E-state index contributed by atoms with van der Waals surface area (Å²) >= 11 is 1.78. The smallest absolute Gasteiger partial charge is 0.233 e. The summed E-state index contributed by atoms with van der Waals surface area (Å²) < 4.78 is 0. The third-order valence-corrected chi connectivity index (χ3v) is 3.73. The number of hydrogen-bond donors (Lipinski definition) is 2. The maximum atomic E-state index is 11.2. The van der Waals surface area contributed by atoms with Gasteiger partial charge in [-0.15, -0.1) is 11.3 Å². The highest BCUT2D eigenvalue weighted by atomic mass is 32.1. The van der Waals surface area contributed by atoms with Crippen LogP contribution in [0.5, 0.6) is 0 Å². The van der Waals surface area contributed by atoms with E-state index < -0.39 is 0 Å². The van der Waals surface area contributed by atoms with Crippen LogP contribution >= 0.6 is 11.3 Å². The Morgan fingerprint density at radius 1 is 1.50 bits per heavy atom. The molecule has 88 valence electrons. The van der Waals surface area contributed by atoms with E-state index in [1.54, 1.807) is 11.3 Å². The van der Waals surface area contributed by atoms with E-state index in [9.17, 15) is 4.79 Å². The molecule has 0 fully saturated rings. The van der Waals surface area contributed by atoms with Crippen molar-refractivity contribution in [2.75, 3.05) is 13.1 Å². The van der Waals surface area contributed by atoms with Crippen molar-refractivity contribution in [3.05, 3.63) is 15.6 Å². The largest absolute Gasteiger partial charge is 0.355 e. The highest BCUT2D eigenvalue weighted by Gasteiger charge is 2.16. The Balaban J connectivity index is 1.75. The van der Waals surface area contributed by atoms with Gasteiger partial charge in [-0.2, -0.15) is 0 Å². The number of nitrogens with one attached hydrogen (secondary N) is 2. The molecule has 0 spiro atoms. The maximum Gasteiger partial charge on any atom is 0.233 e. The van der Waals surface area contributed by atoms with Crippen molar-refractivity contribution in [3.63, 3.8) is 0 Å². The van der Waals surface area contributed by atoms with E-state index in [2.05, 4.69) is 15.6 Å². The molecule has 0 aromatic carbocycles. The van der Waals surface area contributed by atoms with Crippen LogP contribution in [0.15, 0.2) is 0 Å². The molecule has 1 aromatic rings. The van der Waals surface area contributed by atoms with E-state index in [-0.39, 0.29) is 5.91 Å². The third-order valence-electron chi connectivity index (χ3n) is 2.58. The molecule has 2 N–H and O–H groups in total. The van der Waals surface area contributed by atoms with Crippen LogP contribution in [-0.4, -0.2) is 24.0 Å². The first kappa shape index (κ1) is 11.5. The summed E-state index contributed by atoms with van der Waals surface area (Å²) in [5.41, 5.74) is 1.28. The Morgan fingerprint density at radius 3 is 3.12 bits per heavy atom. The van der Waals surface area contributed by atoms with Crippen molar-refractivity contribution < 1.29 is 4.79 Å². The average molecular weight is 239 g/mol. The number of aryl methyl sites for hydroxylation is 2. The lowest BCUT2D eigenvalue weighted by Crippen LogP contribution is -2.33. The number of carbonyl (C=O) groups excluding carboxylic acids is 1. The van der Waals surface area contributed by atoms with E-state index >= 15 is 0 Å². The van der Waals surface area contributed by atoms with E-state index in [0.717, 1.165) is 11.4 Å². The molecule has 0 unspecified atom stereocenters. The fourth-order valence-corrected chi connectivity index (χ4v) is 2.99. The second-order valence-corrected chi connectivity index (χ2v) is 5.06. The van der Waals surface area contributed by atoms with Crippen LogP contribution in [0.25, 0.3) is 0 Å². The van der Waals surface area contributed by atoms with Gasteiger partial charge in [-0.3, -0.25) is 4.79 Å².